The lowest BCUT2D eigenvalue weighted by Gasteiger charge is -2.06. The molecule has 0 saturated carbocycles. The minimum absolute atomic E-state index is 0.491. The van der Waals surface area contributed by atoms with E-state index in [1.54, 1.807) is 24.4 Å². The molecule has 0 amide bonds. The molecule has 0 aliphatic heterocycles. The Balaban J connectivity index is 1.89. The molecule has 0 spiro atoms. The zero-order valence-corrected chi connectivity index (χ0v) is 11.5. The summed E-state index contributed by atoms with van der Waals surface area (Å²) in [4.78, 5) is 4.28. The number of pyridine rings is 1. The number of fused-ring (bicyclic) bond motifs is 1. The molecule has 4 heteroatoms. The summed E-state index contributed by atoms with van der Waals surface area (Å²) in [6, 6.07) is 14.9. The van der Waals surface area contributed by atoms with Crippen LogP contribution < -0.4 is 0 Å². The van der Waals surface area contributed by atoms with Crippen LogP contribution in [0.3, 0.4) is 0 Å². The third-order valence-corrected chi connectivity index (χ3v) is 3.31. The molecule has 0 aliphatic carbocycles. The minimum atomic E-state index is -4.33. The van der Waals surface area contributed by atoms with Crippen LogP contribution in [0.2, 0.25) is 0 Å². The maximum Gasteiger partial charge on any atom is 0.416 e. The van der Waals surface area contributed by atoms with Gasteiger partial charge in [-0.15, -0.1) is 0 Å². The van der Waals surface area contributed by atoms with E-state index in [0.717, 1.165) is 22.9 Å². The number of rotatable bonds is 2. The predicted molar refractivity (Wildman–Crippen MR) is 82.1 cm³/mol. The first-order valence-electron chi connectivity index (χ1n) is 6.72. The lowest BCUT2D eigenvalue weighted by molar-refractivity contribution is -0.137. The van der Waals surface area contributed by atoms with Gasteiger partial charge in [-0.1, -0.05) is 42.5 Å². The molecule has 0 saturated heterocycles. The molecule has 1 nitrogen and oxygen atoms in total. The van der Waals surface area contributed by atoms with Crippen LogP contribution >= 0.6 is 0 Å². The van der Waals surface area contributed by atoms with E-state index in [1.807, 2.05) is 30.3 Å². The fraction of sp³-hybridized carbons (Fsp3) is 0.0556. The van der Waals surface area contributed by atoms with Crippen molar-refractivity contribution < 1.29 is 13.2 Å². The van der Waals surface area contributed by atoms with E-state index in [9.17, 15) is 13.2 Å². The van der Waals surface area contributed by atoms with Crippen LogP contribution in [0, 0.1) is 0 Å². The Morgan fingerprint density at radius 2 is 1.59 bits per heavy atom. The fourth-order valence-electron chi connectivity index (χ4n) is 2.19. The normalized spacial score (nSPS) is 12.1. The second kappa shape index (κ2) is 5.64. The summed E-state index contributed by atoms with van der Waals surface area (Å²) in [5.74, 6) is 0. The van der Waals surface area contributed by atoms with Crippen molar-refractivity contribution in [3.8, 4) is 0 Å². The van der Waals surface area contributed by atoms with Gasteiger partial charge >= 0.3 is 6.18 Å². The Kier molecular flexibility index (Phi) is 3.67. The molecule has 3 rings (SSSR count). The van der Waals surface area contributed by atoms with E-state index < -0.39 is 11.7 Å². The Labute approximate surface area is 125 Å². The molecule has 1 aromatic heterocycles. The van der Waals surface area contributed by atoms with E-state index in [-0.39, 0.29) is 0 Å². The van der Waals surface area contributed by atoms with E-state index in [1.165, 1.54) is 6.07 Å². The summed E-state index contributed by atoms with van der Waals surface area (Å²) >= 11 is 0. The SMILES string of the molecule is FC(F)(F)c1cccc(C=Cc2cc3ccccc3cn2)c1. The Morgan fingerprint density at radius 1 is 0.818 bits per heavy atom. The van der Waals surface area contributed by atoms with E-state index in [4.69, 9.17) is 0 Å². The largest absolute Gasteiger partial charge is 0.416 e. The van der Waals surface area contributed by atoms with E-state index in [0.29, 0.717) is 11.3 Å². The Hall–Kier alpha value is -2.62. The number of halogens is 3. The van der Waals surface area contributed by atoms with Crippen molar-refractivity contribution in [3.63, 3.8) is 0 Å². The number of hydrogen-bond donors (Lipinski definition) is 0. The van der Waals surface area contributed by atoms with Gasteiger partial charge in [0, 0.05) is 11.6 Å². The van der Waals surface area contributed by atoms with Crippen molar-refractivity contribution in [3.05, 3.63) is 77.6 Å². The maximum atomic E-state index is 12.7. The highest BCUT2D eigenvalue weighted by Gasteiger charge is 2.30. The van der Waals surface area contributed by atoms with Crippen molar-refractivity contribution in [2.45, 2.75) is 6.18 Å². The Morgan fingerprint density at radius 3 is 2.36 bits per heavy atom. The lowest BCUT2D eigenvalue weighted by Crippen LogP contribution is -2.04. The quantitative estimate of drug-likeness (QED) is 0.615. The van der Waals surface area contributed by atoms with Gasteiger partial charge in [0.2, 0.25) is 0 Å². The molecule has 0 fully saturated rings. The average molecular weight is 299 g/mol. The molecule has 0 bridgehead atoms. The molecule has 0 radical (unpaired) electrons. The van der Waals surface area contributed by atoms with Crippen molar-refractivity contribution in [2.75, 3.05) is 0 Å². The topological polar surface area (TPSA) is 12.9 Å². The summed E-state index contributed by atoms with van der Waals surface area (Å²) in [6.45, 7) is 0. The average Bonchev–Trinajstić information content (AvgIpc) is 2.52. The minimum Gasteiger partial charge on any atom is -0.256 e. The third kappa shape index (κ3) is 3.17. The molecule has 22 heavy (non-hydrogen) atoms. The zero-order chi connectivity index (χ0) is 15.6. The molecule has 0 aliphatic rings. The predicted octanol–water partition coefficient (Wildman–Crippen LogP) is 5.42. The highest BCUT2D eigenvalue weighted by Crippen LogP contribution is 2.29. The zero-order valence-electron chi connectivity index (χ0n) is 11.5. The van der Waals surface area contributed by atoms with E-state index in [2.05, 4.69) is 4.98 Å². The monoisotopic (exact) mass is 299 g/mol. The van der Waals surface area contributed by atoms with Gasteiger partial charge in [-0.25, -0.2) is 0 Å². The van der Waals surface area contributed by atoms with Crippen LogP contribution in [0.1, 0.15) is 16.8 Å². The van der Waals surface area contributed by atoms with E-state index >= 15 is 0 Å². The summed E-state index contributed by atoms with van der Waals surface area (Å²) in [7, 11) is 0. The van der Waals surface area contributed by atoms with Crippen LogP contribution in [0.5, 0.6) is 0 Å². The molecule has 0 unspecified atom stereocenters. The molecule has 0 N–H and O–H groups in total. The standard InChI is InChI=1S/C18H12F3N/c19-18(20,21)16-7-3-4-13(10-16)8-9-17-11-14-5-1-2-6-15(14)12-22-17/h1-12H. The van der Waals surface area contributed by atoms with Crippen LogP contribution in [0.15, 0.2) is 60.8 Å². The molecule has 2 aromatic carbocycles. The molecule has 0 atom stereocenters. The van der Waals surface area contributed by atoms with Crippen LogP contribution in [-0.4, -0.2) is 4.98 Å². The first-order valence-corrected chi connectivity index (χ1v) is 6.72. The number of aromatic nitrogens is 1. The number of alkyl halides is 3. The summed E-state index contributed by atoms with van der Waals surface area (Å²) in [6.07, 6.45) is 0.764. The number of benzene rings is 2. The molecule has 3 aromatic rings. The van der Waals surface area contributed by atoms with Crippen LogP contribution in [-0.2, 0) is 6.18 Å². The maximum absolute atomic E-state index is 12.7. The van der Waals surface area contributed by atoms with Crippen LogP contribution in [0.4, 0.5) is 13.2 Å². The molecule has 110 valence electrons. The van der Waals surface area contributed by atoms with Gasteiger partial charge in [-0.2, -0.15) is 13.2 Å². The second-order valence-corrected chi connectivity index (χ2v) is 4.91. The van der Waals surface area contributed by atoms with Gasteiger partial charge in [0.25, 0.3) is 0 Å². The van der Waals surface area contributed by atoms with Crippen molar-refractivity contribution in [1.29, 1.82) is 0 Å². The summed E-state index contributed by atoms with van der Waals surface area (Å²) in [5.41, 5.74) is 0.544. The molecule has 1 heterocycles. The second-order valence-electron chi connectivity index (χ2n) is 4.91. The van der Waals surface area contributed by atoms with Crippen molar-refractivity contribution in [2.24, 2.45) is 0 Å². The number of hydrogen-bond acceptors (Lipinski definition) is 1. The summed E-state index contributed by atoms with van der Waals surface area (Å²) < 4.78 is 38.0. The Bertz CT molecular complexity index is 835. The van der Waals surface area contributed by atoms with Gasteiger partial charge in [0.15, 0.2) is 0 Å². The van der Waals surface area contributed by atoms with Gasteiger partial charge in [-0.05, 0) is 35.2 Å². The van der Waals surface area contributed by atoms with Crippen LogP contribution in [0.25, 0.3) is 22.9 Å². The lowest BCUT2D eigenvalue weighted by atomic mass is 10.1. The first kappa shape index (κ1) is 14.3. The highest BCUT2D eigenvalue weighted by molar-refractivity contribution is 5.84. The van der Waals surface area contributed by atoms with Crippen molar-refractivity contribution >= 4 is 22.9 Å². The molecular formula is C18H12F3N. The van der Waals surface area contributed by atoms with Gasteiger partial charge in [0.05, 0.1) is 11.3 Å². The summed E-state index contributed by atoms with van der Waals surface area (Å²) in [5, 5.41) is 2.07. The highest BCUT2D eigenvalue weighted by atomic mass is 19.4. The number of nitrogens with zero attached hydrogens (tertiary/aromatic N) is 1. The fourth-order valence-corrected chi connectivity index (χ4v) is 2.19. The van der Waals surface area contributed by atoms with Gasteiger partial charge in [-0.3, -0.25) is 4.98 Å². The first-order chi connectivity index (χ1) is 10.5. The van der Waals surface area contributed by atoms with Gasteiger partial charge < -0.3 is 0 Å². The van der Waals surface area contributed by atoms with Gasteiger partial charge in [0.1, 0.15) is 0 Å². The third-order valence-electron chi connectivity index (χ3n) is 3.31. The van der Waals surface area contributed by atoms with Crippen molar-refractivity contribution in [1.82, 2.24) is 4.98 Å². The molecular weight excluding hydrogens is 287 g/mol. The smallest absolute Gasteiger partial charge is 0.256 e.